The molecule has 1 aromatic heterocycles. The number of rotatable bonds is 0. The van der Waals surface area contributed by atoms with Crippen LogP contribution in [0.5, 0.6) is 0 Å². The van der Waals surface area contributed by atoms with E-state index in [1.54, 1.807) is 7.05 Å². The number of aromatic nitrogens is 2. The fourth-order valence-corrected chi connectivity index (χ4v) is 0.682. The molecule has 0 unspecified atom stereocenters. The summed E-state index contributed by atoms with van der Waals surface area (Å²) in [5.74, 6) is 0. The average Bonchev–Trinajstić information content (AvgIpc) is 1.93. The highest BCUT2D eigenvalue weighted by molar-refractivity contribution is 6.06. The maximum atomic E-state index is 10.9. The van der Waals surface area contributed by atoms with Gasteiger partial charge in [-0.3, -0.25) is 4.79 Å². The highest BCUT2D eigenvalue weighted by atomic mass is 16.2. The Morgan fingerprint density at radius 2 is 2.10 bits per heavy atom. The van der Waals surface area contributed by atoms with E-state index in [0.29, 0.717) is 0 Å². The first kappa shape index (κ1) is 6.86. The molecule has 0 radical (unpaired) electrons. The van der Waals surface area contributed by atoms with E-state index in [-0.39, 0.29) is 11.2 Å². The van der Waals surface area contributed by atoms with Crippen molar-refractivity contribution in [3.05, 3.63) is 33.1 Å². The Morgan fingerprint density at radius 1 is 1.50 bits per heavy atom. The zero-order chi connectivity index (χ0) is 7.72. The summed E-state index contributed by atoms with van der Waals surface area (Å²) in [5.41, 5.74) is -0.574. The Kier molecular flexibility index (Phi) is 1.49. The minimum atomic E-state index is -0.299. The molecule has 0 aromatic carbocycles. The van der Waals surface area contributed by atoms with E-state index in [9.17, 15) is 9.59 Å². The van der Waals surface area contributed by atoms with Crippen molar-refractivity contribution >= 4 is 7.98 Å². The lowest BCUT2D eigenvalue weighted by Crippen LogP contribution is -2.36. The average molecular weight is 138 g/mol. The van der Waals surface area contributed by atoms with E-state index < -0.39 is 0 Å². The van der Waals surface area contributed by atoms with E-state index in [4.69, 9.17) is 0 Å². The van der Waals surface area contributed by atoms with Crippen molar-refractivity contribution in [3.8, 4) is 0 Å². The maximum absolute atomic E-state index is 10.9. The molecule has 52 valence electrons. The Labute approximate surface area is 58.2 Å². The van der Waals surface area contributed by atoms with Crippen molar-refractivity contribution in [1.82, 2.24) is 9.05 Å². The highest BCUT2D eigenvalue weighted by Gasteiger charge is 1.93. The van der Waals surface area contributed by atoms with Crippen molar-refractivity contribution in [2.45, 2.75) is 0 Å². The molecule has 0 N–H and O–H groups in total. The lowest BCUT2D eigenvalue weighted by Gasteiger charge is -1.97. The molecule has 0 aliphatic rings. The molecule has 0 bridgehead atoms. The molecule has 0 fully saturated rings. The molecule has 0 saturated carbocycles. The molecule has 5 heteroatoms. The molecule has 0 atom stereocenters. The summed E-state index contributed by atoms with van der Waals surface area (Å²) in [6, 6.07) is 1.35. The van der Waals surface area contributed by atoms with Crippen LogP contribution < -0.4 is 11.2 Å². The van der Waals surface area contributed by atoms with Gasteiger partial charge in [-0.25, -0.2) is 4.79 Å². The molecule has 1 heterocycles. The lowest BCUT2D eigenvalue weighted by atomic mass is 10.4. The molecule has 1 aromatic rings. The molecular formula is C5H7BN2O2. The summed E-state index contributed by atoms with van der Waals surface area (Å²) in [6.45, 7) is 0. The Morgan fingerprint density at radius 3 is 2.60 bits per heavy atom. The minimum Gasteiger partial charge on any atom is -0.315 e. The molecule has 10 heavy (non-hydrogen) atoms. The SMILES string of the molecule is Bn1c(=O)ccn(C)c1=O. The summed E-state index contributed by atoms with van der Waals surface area (Å²) >= 11 is 0. The van der Waals surface area contributed by atoms with Crippen molar-refractivity contribution in [2.75, 3.05) is 0 Å². The summed E-state index contributed by atoms with van der Waals surface area (Å²) in [6.07, 6.45) is 1.45. The Balaban J connectivity index is 3.66. The maximum Gasteiger partial charge on any atom is 0.317 e. The van der Waals surface area contributed by atoms with Gasteiger partial charge in [0, 0.05) is 19.3 Å². The second-order valence-electron chi connectivity index (χ2n) is 2.11. The van der Waals surface area contributed by atoms with E-state index in [0.717, 1.165) is 4.48 Å². The Bertz CT molecular complexity index is 351. The topological polar surface area (TPSA) is 44.0 Å². The predicted octanol–water partition coefficient (Wildman–Crippen LogP) is -2.06. The first-order valence-corrected chi connectivity index (χ1v) is 2.85. The summed E-state index contributed by atoms with van der Waals surface area (Å²) in [5, 5.41) is 0. The monoisotopic (exact) mass is 138 g/mol. The Hall–Kier alpha value is -1.26. The highest BCUT2D eigenvalue weighted by Crippen LogP contribution is 1.65. The van der Waals surface area contributed by atoms with Crippen molar-refractivity contribution in [3.63, 3.8) is 0 Å². The van der Waals surface area contributed by atoms with Gasteiger partial charge in [-0.1, -0.05) is 0 Å². The van der Waals surface area contributed by atoms with Gasteiger partial charge >= 0.3 is 5.69 Å². The third-order valence-corrected chi connectivity index (χ3v) is 1.36. The number of hydrogen-bond donors (Lipinski definition) is 0. The van der Waals surface area contributed by atoms with E-state index in [2.05, 4.69) is 0 Å². The molecule has 0 saturated heterocycles. The zero-order valence-electron chi connectivity index (χ0n) is 5.87. The molecule has 0 amide bonds. The van der Waals surface area contributed by atoms with Crippen LogP contribution in [0.1, 0.15) is 0 Å². The zero-order valence-corrected chi connectivity index (χ0v) is 5.87. The summed E-state index contributed by atoms with van der Waals surface area (Å²) in [4.78, 5) is 21.7. The van der Waals surface area contributed by atoms with Crippen molar-refractivity contribution < 1.29 is 0 Å². The predicted molar refractivity (Wildman–Crippen MR) is 39.9 cm³/mol. The van der Waals surface area contributed by atoms with E-state index in [1.165, 1.54) is 24.8 Å². The first-order valence-electron chi connectivity index (χ1n) is 2.85. The van der Waals surface area contributed by atoms with Crippen LogP contribution in [0.3, 0.4) is 0 Å². The molecule has 0 aliphatic heterocycles. The van der Waals surface area contributed by atoms with Gasteiger partial charge in [0.25, 0.3) is 0 Å². The second kappa shape index (κ2) is 2.17. The van der Waals surface area contributed by atoms with Crippen LogP contribution in [-0.4, -0.2) is 17.0 Å². The summed E-state index contributed by atoms with van der Waals surface area (Å²) < 4.78 is 2.40. The fourth-order valence-electron chi connectivity index (χ4n) is 0.682. The normalized spacial score (nSPS) is 9.70. The van der Waals surface area contributed by atoms with Crippen LogP contribution in [0.4, 0.5) is 0 Å². The summed E-state index contributed by atoms with van der Waals surface area (Å²) in [7, 11) is 3.05. The van der Waals surface area contributed by atoms with Gasteiger partial charge in [-0.05, 0) is 0 Å². The molecule has 1 rings (SSSR count). The molecule has 0 spiro atoms. The smallest absolute Gasteiger partial charge is 0.315 e. The van der Waals surface area contributed by atoms with Gasteiger partial charge in [0.1, 0.15) is 0 Å². The third kappa shape index (κ3) is 0.898. The van der Waals surface area contributed by atoms with Gasteiger partial charge in [0.2, 0.25) is 13.5 Å². The standard InChI is InChI=1S/C5H7BN2O2/c1-7-3-2-4(9)8(6)5(7)10/h2-3H,6H2,1H3. The minimum absolute atomic E-state index is 0.275. The number of hydrogen-bond acceptors (Lipinski definition) is 2. The van der Waals surface area contributed by atoms with E-state index >= 15 is 0 Å². The second-order valence-corrected chi connectivity index (χ2v) is 2.11. The molecule has 0 aliphatic carbocycles. The molecular weight excluding hydrogens is 131 g/mol. The van der Waals surface area contributed by atoms with Crippen LogP contribution in [0, 0.1) is 0 Å². The van der Waals surface area contributed by atoms with Crippen LogP contribution in [0.2, 0.25) is 0 Å². The van der Waals surface area contributed by atoms with Gasteiger partial charge in [-0.15, -0.1) is 0 Å². The van der Waals surface area contributed by atoms with E-state index in [1.807, 2.05) is 0 Å². The van der Waals surface area contributed by atoms with Gasteiger partial charge in [-0.2, -0.15) is 0 Å². The largest absolute Gasteiger partial charge is 0.317 e. The fraction of sp³-hybridized carbons (Fsp3) is 0.200. The van der Waals surface area contributed by atoms with Crippen molar-refractivity contribution in [1.29, 1.82) is 0 Å². The van der Waals surface area contributed by atoms with Gasteiger partial charge in [0.15, 0.2) is 0 Å². The number of aryl methyl sites for hydroxylation is 1. The van der Waals surface area contributed by atoms with Gasteiger partial charge in [0.05, 0.1) is 0 Å². The van der Waals surface area contributed by atoms with Crippen LogP contribution in [-0.2, 0) is 7.05 Å². The van der Waals surface area contributed by atoms with Crippen molar-refractivity contribution in [2.24, 2.45) is 7.05 Å². The van der Waals surface area contributed by atoms with Crippen LogP contribution >= 0.6 is 0 Å². The molecule has 4 nitrogen and oxygen atoms in total. The number of nitrogens with zero attached hydrogens (tertiary/aromatic N) is 2. The van der Waals surface area contributed by atoms with Crippen LogP contribution in [0.25, 0.3) is 0 Å². The third-order valence-electron chi connectivity index (χ3n) is 1.36. The first-order chi connectivity index (χ1) is 4.63. The van der Waals surface area contributed by atoms with Crippen LogP contribution in [0.15, 0.2) is 21.9 Å². The quantitative estimate of drug-likeness (QED) is 0.387. The lowest BCUT2D eigenvalue weighted by molar-refractivity contribution is 0.773. The van der Waals surface area contributed by atoms with Gasteiger partial charge < -0.3 is 9.05 Å².